The van der Waals surface area contributed by atoms with E-state index in [0.29, 0.717) is 0 Å². The molecule has 0 saturated heterocycles. The summed E-state index contributed by atoms with van der Waals surface area (Å²) in [4.78, 5) is 0. The summed E-state index contributed by atoms with van der Waals surface area (Å²) in [6.45, 7) is 1.42. The average molecular weight is 152 g/mol. The fourth-order valence-corrected chi connectivity index (χ4v) is 1.53. The lowest BCUT2D eigenvalue weighted by molar-refractivity contribution is 0.529. The van der Waals surface area contributed by atoms with Gasteiger partial charge in [0.05, 0.1) is 5.25 Å². The van der Waals surface area contributed by atoms with E-state index in [1.165, 1.54) is 6.92 Å². The fraction of sp³-hybridized carbons (Fsp3) is 1.00. The maximum atomic E-state index is 12.0. The molecule has 2 nitrogen and oxygen atoms in total. The number of hydrogen-bond acceptors (Lipinski definition) is 2. The number of hydrogen-bond donors (Lipinski definition) is 0. The van der Waals surface area contributed by atoms with Crippen molar-refractivity contribution in [1.82, 2.24) is 0 Å². The summed E-state index contributed by atoms with van der Waals surface area (Å²) in [5.74, 6) is 0.0972. The van der Waals surface area contributed by atoms with Crippen LogP contribution in [-0.2, 0) is 10.2 Å². The Morgan fingerprint density at radius 3 is 2.11 bits per heavy atom. The van der Waals surface area contributed by atoms with Gasteiger partial charge in [-0.15, -0.1) is 3.89 Å². The first kappa shape index (κ1) is 6.99. The Labute approximate surface area is 54.3 Å². The van der Waals surface area contributed by atoms with Gasteiger partial charge in [-0.05, 0) is 25.7 Å². The molecule has 0 aromatic carbocycles. The largest absolute Gasteiger partial charge is 0.305 e. The summed E-state index contributed by atoms with van der Waals surface area (Å²) in [5.41, 5.74) is 0. The molecule has 0 aromatic heterocycles. The standard InChI is InChI=1S/C5H9FO2S/c1-4(5-2-3-5)9(6,7)8/h4-5H,2-3H2,1H3. The molecule has 4 heteroatoms. The first-order valence-electron chi connectivity index (χ1n) is 2.95. The first-order chi connectivity index (χ1) is 4.02. The number of rotatable bonds is 2. The molecule has 0 radical (unpaired) electrons. The second-order valence-corrected chi connectivity index (χ2v) is 4.21. The van der Waals surface area contributed by atoms with E-state index in [1.807, 2.05) is 0 Å². The van der Waals surface area contributed by atoms with Crippen LogP contribution in [0.1, 0.15) is 19.8 Å². The van der Waals surface area contributed by atoms with Crippen molar-refractivity contribution in [2.24, 2.45) is 5.92 Å². The van der Waals surface area contributed by atoms with Crippen molar-refractivity contribution in [1.29, 1.82) is 0 Å². The topological polar surface area (TPSA) is 34.1 Å². The minimum Gasteiger partial charge on any atom is -0.195 e. The first-order valence-corrected chi connectivity index (χ1v) is 4.40. The van der Waals surface area contributed by atoms with Crippen molar-refractivity contribution in [2.45, 2.75) is 25.0 Å². The van der Waals surface area contributed by atoms with Crippen LogP contribution in [0.3, 0.4) is 0 Å². The lowest BCUT2D eigenvalue weighted by Crippen LogP contribution is -2.14. The Balaban J connectivity index is 2.61. The maximum absolute atomic E-state index is 12.0. The van der Waals surface area contributed by atoms with Crippen molar-refractivity contribution in [3.8, 4) is 0 Å². The van der Waals surface area contributed by atoms with E-state index in [9.17, 15) is 12.3 Å². The Morgan fingerprint density at radius 1 is 1.56 bits per heavy atom. The SMILES string of the molecule is CC(C1CC1)S(=O)(=O)F. The molecule has 0 aromatic rings. The molecule has 1 rings (SSSR count). The van der Waals surface area contributed by atoms with Gasteiger partial charge in [-0.25, -0.2) is 0 Å². The molecule has 54 valence electrons. The van der Waals surface area contributed by atoms with E-state index < -0.39 is 15.5 Å². The van der Waals surface area contributed by atoms with Gasteiger partial charge in [0.25, 0.3) is 0 Å². The highest BCUT2D eigenvalue weighted by atomic mass is 32.3. The molecule has 1 aliphatic rings. The summed E-state index contributed by atoms with van der Waals surface area (Å²) in [6, 6.07) is 0. The quantitative estimate of drug-likeness (QED) is 0.555. The third kappa shape index (κ3) is 1.64. The van der Waals surface area contributed by atoms with E-state index in [4.69, 9.17) is 0 Å². The van der Waals surface area contributed by atoms with Gasteiger partial charge in [-0.2, -0.15) is 8.42 Å². The van der Waals surface area contributed by atoms with Gasteiger partial charge in [0.15, 0.2) is 0 Å². The highest BCUT2D eigenvalue weighted by Crippen LogP contribution is 2.36. The van der Waals surface area contributed by atoms with E-state index in [1.54, 1.807) is 0 Å². The van der Waals surface area contributed by atoms with Crippen LogP contribution in [-0.4, -0.2) is 13.7 Å². The zero-order valence-corrected chi connectivity index (χ0v) is 5.99. The lowest BCUT2D eigenvalue weighted by atomic mass is 10.3. The Hall–Kier alpha value is -0.120. The van der Waals surface area contributed by atoms with Crippen LogP contribution < -0.4 is 0 Å². The van der Waals surface area contributed by atoms with Gasteiger partial charge in [0.2, 0.25) is 0 Å². The van der Waals surface area contributed by atoms with E-state index in [-0.39, 0.29) is 5.92 Å². The predicted octanol–water partition coefficient (Wildman–Crippen LogP) is 1.08. The smallest absolute Gasteiger partial charge is 0.195 e. The van der Waals surface area contributed by atoms with E-state index >= 15 is 0 Å². The van der Waals surface area contributed by atoms with Crippen LogP contribution in [0.2, 0.25) is 0 Å². The molecular formula is C5H9FO2S. The molecule has 1 atom stereocenters. The van der Waals surface area contributed by atoms with Gasteiger partial charge in [-0.1, -0.05) is 0 Å². The Kier molecular flexibility index (Phi) is 1.50. The van der Waals surface area contributed by atoms with Gasteiger partial charge in [-0.3, -0.25) is 0 Å². The third-order valence-electron chi connectivity index (χ3n) is 1.73. The van der Waals surface area contributed by atoms with Crippen LogP contribution in [0.25, 0.3) is 0 Å². The van der Waals surface area contributed by atoms with Crippen LogP contribution in [0, 0.1) is 5.92 Å². The molecule has 1 saturated carbocycles. The van der Waals surface area contributed by atoms with Gasteiger partial charge >= 0.3 is 10.2 Å². The molecule has 0 bridgehead atoms. The minimum atomic E-state index is -4.24. The zero-order chi connectivity index (χ0) is 7.07. The van der Waals surface area contributed by atoms with Gasteiger partial charge < -0.3 is 0 Å². The summed E-state index contributed by atoms with van der Waals surface area (Å²) in [5, 5.41) is -0.766. The Bertz CT molecular complexity index is 193. The highest BCUT2D eigenvalue weighted by Gasteiger charge is 2.36. The summed E-state index contributed by atoms with van der Waals surface area (Å²) in [7, 11) is -4.24. The highest BCUT2D eigenvalue weighted by molar-refractivity contribution is 7.87. The molecule has 1 fully saturated rings. The van der Waals surface area contributed by atoms with Crippen LogP contribution in [0.4, 0.5) is 3.89 Å². The van der Waals surface area contributed by atoms with Crippen LogP contribution in [0.5, 0.6) is 0 Å². The minimum absolute atomic E-state index is 0.0972. The lowest BCUT2D eigenvalue weighted by Gasteiger charge is -2.00. The molecule has 1 aliphatic carbocycles. The van der Waals surface area contributed by atoms with Crippen LogP contribution >= 0.6 is 0 Å². The molecule has 1 unspecified atom stereocenters. The predicted molar refractivity (Wildman–Crippen MR) is 32.2 cm³/mol. The molecule has 0 aliphatic heterocycles. The zero-order valence-electron chi connectivity index (χ0n) is 5.17. The van der Waals surface area contributed by atoms with Crippen LogP contribution in [0.15, 0.2) is 0 Å². The summed E-state index contributed by atoms with van der Waals surface area (Å²) >= 11 is 0. The maximum Gasteiger partial charge on any atom is 0.305 e. The molecule has 0 heterocycles. The fourth-order valence-electron chi connectivity index (χ4n) is 0.796. The number of halogens is 1. The van der Waals surface area contributed by atoms with Crippen molar-refractivity contribution >= 4 is 10.2 Å². The molecule has 9 heavy (non-hydrogen) atoms. The monoisotopic (exact) mass is 152 g/mol. The normalized spacial score (nSPS) is 23.8. The van der Waals surface area contributed by atoms with E-state index in [2.05, 4.69) is 0 Å². The molecular weight excluding hydrogens is 143 g/mol. The third-order valence-corrected chi connectivity index (χ3v) is 3.00. The van der Waals surface area contributed by atoms with Crippen molar-refractivity contribution in [2.75, 3.05) is 0 Å². The summed E-state index contributed by atoms with van der Waals surface area (Å²) < 4.78 is 32.3. The van der Waals surface area contributed by atoms with Crippen molar-refractivity contribution in [3.05, 3.63) is 0 Å². The van der Waals surface area contributed by atoms with Gasteiger partial charge in [0, 0.05) is 0 Å². The molecule has 0 N–H and O–H groups in total. The van der Waals surface area contributed by atoms with E-state index in [0.717, 1.165) is 12.8 Å². The van der Waals surface area contributed by atoms with Gasteiger partial charge in [0.1, 0.15) is 0 Å². The summed E-state index contributed by atoms with van der Waals surface area (Å²) in [6.07, 6.45) is 1.73. The molecule has 0 spiro atoms. The second kappa shape index (κ2) is 1.94. The Morgan fingerprint density at radius 2 is 2.00 bits per heavy atom. The molecule has 0 amide bonds. The van der Waals surface area contributed by atoms with Crippen molar-refractivity contribution < 1.29 is 12.3 Å². The average Bonchev–Trinajstić information content (AvgIpc) is 2.40. The second-order valence-electron chi connectivity index (χ2n) is 2.52. The van der Waals surface area contributed by atoms with Crippen molar-refractivity contribution in [3.63, 3.8) is 0 Å².